The van der Waals surface area contributed by atoms with E-state index in [0.717, 1.165) is 0 Å². The van der Waals surface area contributed by atoms with Crippen LogP contribution in [0.5, 0.6) is 0 Å². The maximum Gasteiger partial charge on any atom is 0.337 e. The first-order valence-corrected chi connectivity index (χ1v) is 7.50. The average molecular weight is 285 g/mol. The molecule has 1 unspecified atom stereocenters. The van der Waals surface area contributed by atoms with Gasteiger partial charge in [0.15, 0.2) is 9.84 Å². The number of sulfone groups is 1. The molecule has 1 fully saturated rings. The molecule has 1 atom stereocenters. The second kappa shape index (κ2) is 4.37. The number of aromatic nitrogens is 1. The van der Waals surface area contributed by atoms with Crippen LogP contribution in [0, 0.1) is 0 Å². The summed E-state index contributed by atoms with van der Waals surface area (Å²) < 4.78 is 23.0. The van der Waals surface area contributed by atoms with Crippen molar-refractivity contribution in [3.8, 4) is 0 Å². The molecule has 0 aliphatic carbocycles. The molecule has 0 spiro atoms. The van der Waals surface area contributed by atoms with E-state index >= 15 is 0 Å². The summed E-state index contributed by atoms with van der Waals surface area (Å²) >= 11 is 0. The molecule has 19 heavy (non-hydrogen) atoms. The first-order valence-electron chi connectivity index (χ1n) is 5.68. The third kappa shape index (κ3) is 2.95. The zero-order chi connectivity index (χ0) is 14.3. The Bertz CT molecular complexity index is 629. The second-order valence-corrected chi connectivity index (χ2v) is 7.18. The fraction of sp³-hybridized carbons (Fsp3) is 0.455. The number of hydrogen-bond acceptors (Lipinski definition) is 6. The molecule has 1 aromatic rings. The molecule has 2 rings (SSSR count). The van der Waals surface area contributed by atoms with Gasteiger partial charge in [-0.05, 0) is 19.4 Å². The van der Waals surface area contributed by atoms with E-state index < -0.39 is 21.3 Å². The molecule has 7 nitrogen and oxygen atoms in total. The standard InChI is InChI=1S/C11H15N3O4S/c1-11(2-3-19(17,18)6-11)14-9-8(12)4-7(5-13-9)10(15)16/h4-5H,2-3,6,12H2,1H3,(H,13,14)(H,15,16). The van der Waals surface area contributed by atoms with E-state index in [1.54, 1.807) is 6.92 Å². The van der Waals surface area contributed by atoms with Crippen LogP contribution in [-0.4, -0.2) is 41.5 Å². The first kappa shape index (κ1) is 13.6. The van der Waals surface area contributed by atoms with Crippen molar-refractivity contribution in [1.29, 1.82) is 0 Å². The zero-order valence-corrected chi connectivity index (χ0v) is 11.2. The summed E-state index contributed by atoms with van der Waals surface area (Å²) in [6.07, 6.45) is 1.66. The van der Waals surface area contributed by atoms with E-state index in [0.29, 0.717) is 12.2 Å². The minimum Gasteiger partial charge on any atom is -0.478 e. The van der Waals surface area contributed by atoms with Gasteiger partial charge in [-0.15, -0.1) is 0 Å². The zero-order valence-electron chi connectivity index (χ0n) is 10.4. The van der Waals surface area contributed by atoms with Crippen molar-refractivity contribution in [3.63, 3.8) is 0 Å². The number of carboxylic acids is 1. The van der Waals surface area contributed by atoms with Crippen molar-refractivity contribution in [2.75, 3.05) is 22.6 Å². The number of nitrogens with zero attached hydrogens (tertiary/aromatic N) is 1. The number of nitrogens with two attached hydrogens (primary N) is 1. The van der Waals surface area contributed by atoms with E-state index in [2.05, 4.69) is 10.3 Å². The molecule has 0 aromatic carbocycles. The van der Waals surface area contributed by atoms with Gasteiger partial charge >= 0.3 is 5.97 Å². The normalized spacial score (nSPS) is 25.1. The summed E-state index contributed by atoms with van der Waals surface area (Å²) in [7, 11) is -3.03. The molecule has 0 saturated carbocycles. The summed E-state index contributed by atoms with van der Waals surface area (Å²) in [6.45, 7) is 1.78. The van der Waals surface area contributed by atoms with Gasteiger partial charge in [-0.25, -0.2) is 18.2 Å². The summed E-state index contributed by atoms with van der Waals surface area (Å²) in [4.78, 5) is 14.7. The Morgan fingerprint density at radius 2 is 2.26 bits per heavy atom. The van der Waals surface area contributed by atoms with Crippen LogP contribution in [0.15, 0.2) is 12.3 Å². The topological polar surface area (TPSA) is 122 Å². The number of carbonyl (C=O) groups is 1. The molecule has 0 radical (unpaired) electrons. The molecular weight excluding hydrogens is 270 g/mol. The quantitative estimate of drug-likeness (QED) is 0.732. The van der Waals surface area contributed by atoms with Crippen molar-refractivity contribution in [2.45, 2.75) is 18.9 Å². The van der Waals surface area contributed by atoms with Crippen molar-refractivity contribution in [1.82, 2.24) is 4.98 Å². The summed E-state index contributed by atoms with van der Waals surface area (Å²) in [5.41, 5.74) is 5.28. The van der Waals surface area contributed by atoms with Crippen molar-refractivity contribution in [2.24, 2.45) is 0 Å². The van der Waals surface area contributed by atoms with Crippen LogP contribution in [0.1, 0.15) is 23.7 Å². The van der Waals surface area contributed by atoms with Gasteiger partial charge in [-0.3, -0.25) is 0 Å². The van der Waals surface area contributed by atoms with Crippen molar-refractivity contribution < 1.29 is 18.3 Å². The summed E-state index contributed by atoms with van der Waals surface area (Å²) in [5, 5.41) is 11.8. The highest BCUT2D eigenvalue weighted by Crippen LogP contribution is 2.29. The fourth-order valence-corrected chi connectivity index (χ4v) is 4.19. The lowest BCUT2D eigenvalue weighted by Gasteiger charge is -2.25. The number of anilines is 2. The number of pyridine rings is 1. The fourth-order valence-electron chi connectivity index (χ4n) is 2.10. The molecule has 1 aromatic heterocycles. The molecule has 2 heterocycles. The highest BCUT2D eigenvalue weighted by molar-refractivity contribution is 7.91. The van der Waals surface area contributed by atoms with Gasteiger partial charge in [0.1, 0.15) is 5.82 Å². The van der Waals surface area contributed by atoms with Crippen LogP contribution in [0.3, 0.4) is 0 Å². The number of rotatable bonds is 3. The lowest BCUT2D eigenvalue weighted by Crippen LogP contribution is -2.36. The molecule has 0 bridgehead atoms. The smallest absolute Gasteiger partial charge is 0.337 e. The largest absolute Gasteiger partial charge is 0.478 e. The van der Waals surface area contributed by atoms with E-state index in [1.807, 2.05) is 0 Å². The summed E-state index contributed by atoms with van der Waals surface area (Å²) in [6, 6.07) is 1.30. The van der Waals surface area contributed by atoms with Gasteiger partial charge < -0.3 is 16.2 Å². The minimum atomic E-state index is -3.03. The third-order valence-electron chi connectivity index (χ3n) is 3.09. The lowest BCUT2D eigenvalue weighted by molar-refractivity contribution is 0.0696. The molecule has 1 saturated heterocycles. The molecule has 8 heteroatoms. The van der Waals surface area contributed by atoms with Gasteiger partial charge in [0, 0.05) is 6.20 Å². The Labute approximate surface area is 110 Å². The highest BCUT2D eigenvalue weighted by Gasteiger charge is 2.38. The average Bonchev–Trinajstić information content (AvgIpc) is 2.56. The van der Waals surface area contributed by atoms with Crippen molar-refractivity contribution in [3.05, 3.63) is 17.8 Å². The Morgan fingerprint density at radius 3 is 2.74 bits per heavy atom. The van der Waals surface area contributed by atoms with Gasteiger partial charge in [0.05, 0.1) is 28.3 Å². The third-order valence-corrected chi connectivity index (χ3v) is 4.99. The van der Waals surface area contributed by atoms with Gasteiger partial charge in [0.25, 0.3) is 0 Å². The van der Waals surface area contributed by atoms with Crippen LogP contribution >= 0.6 is 0 Å². The molecule has 104 valence electrons. The Morgan fingerprint density at radius 1 is 1.58 bits per heavy atom. The predicted octanol–water partition coefficient (Wildman–Crippen LogP) is 0.351. The maximum atomic E-state index is 11.5. The molecule has 1 aliphatic heterocycles. The van der Waals surface area contributed by atoms with Gasteiger partial charge in [-0.1, -0.05) is 0 Å². The number of nitrogens with one attached hydrogen (secondary N) is 1. The minimum absolute atomic E-state index is 0.00718. The van der Waals surface area contributed by atoms with Crippen LogP contribution in [0.25, 0.3) is 0 Å². The van der Waals surface area contributed by atoms with E-state index in [4.69, 9.17) is 10.8 Å². The van der Waals surface area contributed by atoms with Crippen LogP contribution in [0.4, 0.5) is 11.5 Å². The molecule has 4 N–H and O–H groups in total. The monoisotopic (exact) mass is 285 g/mol. The number of aromatic carboxylic acids is 1. The van der Waals surface area contributed by atoms with Crippen molar-refractivity contribution >= 4 is 27.3 Å². The molecular formula is C11H15N3O4S. The summed E-state index contributed by atoms with van der Waals surface area (Å²) in [5.74, 6) is -0.657. The Balaban J connectivity index is 2.23. The lowest BCUT2D eigenvalue weighted by atomic mass is 10.0. The first-order chi connectivity index (χ1) is 8.71. The van der Waals surface area contributed by atoms with E-state index in [-0.39, 0.29) is 22.8 Å². The van der Waals surface area contributed by atoms with E-state index in [1.165, 1.54) is 12.3 Å². The maximum absolute atomic E-state index is 11.5. The molecule has 0 amide bonds. The second-order valence-electron chi connectivity index (χ2n) is 4.99. The van der Waals surface area contributed by atoms with Crippen LogP contribution < -0.4 is 11.1 Å². The number of hydrogen-bond donors (Lipinski definition) is 3. The number of nitrogen functional groups attached to an aromatic ring is 1. The van der Waals surface area contributed by atoms with E-state index in [9.17, 15) is 13.2 Å². The van der Waals surface area contributed by atoms with Crippen LogP contribution in [-0.2, 0) is 9.84 Å². The van der Waals surface area contributed by atoms with Gasteiger partial charge in [0.2, 0.25) is 0 Å². The Hall–Kier alpha value is -1.83. The highest BCUT2D eigenvalue weighted by atomic mass is 32.2. The Kier molecular flexibility index (Phi) is 3.13. The van der Waals surface area contributed by atoms with Gasteiger partial charge in [-0.2, -0.15) is 0 Å². The predicted molar refractivity (Wildman–Crippen MR) is 70.9 cm³/mol. The van der Waals surface area contributed by atoms with Crippen LogP contribution in [0.2, 0.25) is 0 Å². The SMILES string of the molecule is CC1(Nc2ncc(C(=O)O)cc2N)CCS(=O)(=O)C1. The molecule has 1 aliphatic rings. The number of carboxylic acid groups (broad SMARTS) is 1.